The van der Waals surface area contributed by atoms with Crippen LogP contribution < -0.4 is 5.32 Å². The van der Waals surface area contributed by atoms with Crippen molar-refractivity contribution >= 4 is 23.7 Å². The van der Waals surface area contributed by atoms with Crippen LogP contribution in [0.5, 0.6) is 0 Å². The van der Waals surface area contributed by atoms with Crippen molar-refractivity contribution in [3.63, 3.8) is 0 Å². The van der Waals surface area contributed by atoms with Crippen LogP contribution in [-0.2, 0) is 0 Å². The summed E-state index contributed by atoms with van der Waals surface area (Å²) in [6.07, 6.45) is 4.59. The minimum Gasteiger partial charge on any atom is -0.368 e. The van der Waals surface area contributed by atoms with Crippen LogP contribution in [0.3, 0.4) is 0 Å². The van der Waals surface area contributed by atoms with Crippen LogP contribution >= 0.6 is 11.6 Å². The molecule has 0 atom stereocenters. The van der Waals surface area contributed by atoms with Crippen LogP contribution in [0.4, 0.5) is 5.82 Å². The maximum absolute atomic E-state index is 10.9. The number of rotatable bonds is 5. The third-order valence-electron chi connectivity index (χ3n) is 2.87. The van der Waals surface area contributed by atoms with Crippen LogP contribution in [0, 0.1) is 0 Å². The molecule has 1 N–H and O–H groups in total. The van der Waals surface area contributed by atoms with Crippen LogP contribution in [0.25, 0.3) is 0 Å². The van der Waals surface area contributed by atoms with E-state index in [0.717, 1.165) is 26.2 Å². The molecule has 1 saturated heterocycles. The lowest BCUT2D eigenvalue weighted by molar-refractivity contribution is 0.112. The molecule has 6 heteroatoms. The van der Waals surface area contributed by atoms with E-state index in [2.05, 4.69) is 20.2 Å². The predicted molar refractivity (Wildman–Crippen MR) is 66.6 cm³/mol. The second-order valence-corrected chi connectivity index (χ2v) is 4.38. The van der Waals surface area contributed by atoms with E-state index in [1.54, 1.807) is 0 Å². The molecule has 0 aromatic carbocycles. The number of nitrogens with one attached hydrogen (secondary N) is 1. The Morgan fingerprint density at radius 1 is 1.41 bits per heavy atom. The number of aromatic nitrogens is 2. The third kappa shape index (κ3) is 3.14. The van der Waals surface area contributed by atoms with Crippen molar-refractivity contribution in [2.24, 2.45) is 0 Å². The van der Waals surface area contributed by atoms with Gasteiger partial charge in [0.15, 0.2) is 6.29 Å². The summed E-state index contributed by atoms with van der Waals surface area (Å²) < 4.78 is 0. The summed E-state index contributed by atoms with van der Waals surface area (Å²) in [4.78, 5) is 21.0. The number of nitrogens with zero attached hydrogens (tertiary/aromatic N) is 3. The molecule has 0 saturated carbocycles. The van der Waals surface area contributed by atoms with E-state index in [9.17, 15) is 4.79 Å². The van der Waals surface area contributed by atoms with E-state index < -0.39 is 0 Å². The van der Waals surface area contributed by atoms with Crippen LogP contribution in [0.15, 0.2) is 6.33 Å². The number of carbonyl (C=O) groups is 1. The van der Waals surface area contributed by atoms with Crippen molar-refractivity contribution in [1.82, 2.24) is 14.9 Å². The summed E-state index contributed by atoms with van der Waals surface area (Å²) in [6.45, 7) is 4.04. The largest absolute Gasteiger partial charge is 0.368 e. The Morgan fingerprint density at radius 2 is 2.18 bits per heavy atom. The van der Waals surface area contributed by atoms with E-state index in [0.29, 0.717) is 17.7 Å². The summed E-state index contributed by atoms with van der Waals surface area (Å²) in [5.74, 6) is 0.513. The average molecular weight is 255 g/mol. The topological polar surface area (TPSA) is 58.1 Å². The van der Waals surface area contributed by atoms with Gasteiger partial charge in [-0.25, -0.2) is 9.97 Å². The summed E-state index contributed by atoms with van der Waals surface area (Å²) in [5, 5.41) is 3.32. The zero-order chi connectivity index (χ0) is 12.1. The van der Waals surface area contributed by atoms with Gasteiger partial charge in [-0.1, -0.05) is 11.6 Å². The van der Waals surface area contributed by atoms with E-state index in [1.807, 2.05) is 0 Å². The van der Waals surface area contributed by atoms with Gasteiger partial charge in [0.2, 0.25) is 0 Å². The van der Waals surface area contributed by atoms with Gasteiger partial charge < -0.3 is 10.2 Å². The Morgan fingerprint density at radius 3 is 2.88 bits per heavy atom. The van der Waals surface area contributed by atoms with Crippen LogP contribution in [0.1, 0.15) is 23.2 Å². The molecule has 1 fully saturated rings. The van der Waals surface area contributed by atoms with Crippen LogP contribution in [-0.4, -0.2) is 47.3 Å². The van der Waals surface area contributed by atoms with E-state index >= 15 is 0 Å². The molecule has 2 rings (SSSR count). The van der Waals surface area contributed by atoms with Gasteiger partial charge in [-0.2, -0.15) is 0 Å². The van der Waals surface area contributed by atoms with E-state index in [1.165, 1.54) is 19.2 Å². The first-order valence-corrected chi connectivity index (χ1v) is 6.11. The quantitative estimate of drug-likeness (QED) is 0.637. The summed E-state index contributed by atoms with van der Waals surface area (Å²) in [5.41, 5.74) is 0.329. The Bertz CT molecular complexity index is 393. The molecule has 5 nitrogen and oxygen atoms in total. The minimum absolute atomic E-state index is 0.193. The van der Waals surface area contributed by atoms with Crippen molar-refractivity contribution < 1.29 is 4.79 Å². The number of hydrogen-bond donors (Lipinski definition) is 1. The van der Waals surface area contributed by atoms with Gasteiger partial charge in [0.05, 0.1) is 5.56 Å². The molecular formula is C11H15ClN4O. The molecule has 0 aliphatic carbocycles. The highest BCUT2D eigenvalue weighted by atomic mass is 35.5. The van der Waals surface area contributed by atoms with Crippen LogP contribution in [0.2, 0.25) is 5.15 Å². The van der Waals surface area contributed by atoms with Crippen molar-refractivity contribution in [2.45, 2.75) is 12.8 Å². The number of hydrogen-bond acceptors (Lipinski definition) is 5. The maximum Gasteiger partial charge on any atom is 0.156 e. The average Bonchev–Trinajstić information content (AvgIpc) is 2.82. The van der Waals surface area contributed by atoms with Crippen molar-refractivity contribution in [3.05, 3.63) is 17.0 Å². The van der Waals surface area contributed by atoms with Gasteiger partial charge in [-0.3, -0.25) is 4.79 Å². The van der Waals surface area contributed by atoms with E-state index in [4.69, 9.17) is 11.6 Å². The van der Waals surface area contributed by atoms with Crippen molar-refractivity contribution in [3.8, 4) is 0 Å². The lowest BCUT2D eigenvalue weighted by atomic mass is 10.3. The molecule has 1 aliphatic heterocycles. The number of aldehydes is 1. The van der Waals surface area contributed by atoms with Gasteiger partial charge in [0, 0.05) is 13.1 Å². The van der Waals surface area contributed by atoms with Gasteiger partial charge >= 0.3 is 0 Å². The number of halogens is 1. The Labute approximate surface area is 105 Å². The smallest absolute Gasteiger partial charge is 0.156 e. The Balaban J connectivity index is 1.89. The first kappa shape index (κ1) is 12.3. The number of anilines is 1. The molecule has 0 bridgehead atoms. The highest BCUT2D eigenvalue weighted by Crippen LogP contribution is 2.17. The van der Waals surface area contributed by atoms with Gasteiger partial charge in [-0.05, 0) is 25.9 Å². The molecule has 1 aromatic heterocycles. The Hall–Kier alpha value is -1.20. The summed E-state index contributed by atoms with van der Waals surface area (Å²) in [6, 6.07) is 0. The molecule has 1 aromatic rings. The normalized spacial score (nSPS) is 16.1. The zero-order valence-corrected chi connectivity index (χ0v) is 10.3. The fourth-order valence-corrected chi connectivity index (χ4v) is 2.14. The zero-order valence-electron chi connectivity index (χ0n) is 9.53. The lowest BCUT2D eigenvalue weighted by Crippen LogP contribution is -2.26. The summed E-state index contributed by atoms with van der Waals surface area (Å²) >= 11 is 5.80. The monoisotopic (exact) mass is 254 g/mol. The predicted octanol–water partition coefficient (Wildman–Crippen LogP) is 1.45. The first-order chi connectivity index (χ1) is 8.31. The highest BCUT2D eigenvalue weighted by Gasteiger charge is 2.12. The molecule has 1 aliphatic rings. The second kappa shape index (κ2) is 5.93. The molecule has 0 spiro atoms. The molecule has 92 valence electrons. The third-order valence-corrected chi connectivity index (χ3v) is 3.17. The molecular weight excluding hydrogens is 240 g/mol. The molecule has 0 unspecified atom stereocenters. The molecule has 0 radical (unpaired) electrons. The molecule has 2 heterocycles. The van der Waals surface area contributed by atoms with Crippen molar-refractivity contribution in [1.29, 1.82) is 0 Å². The minimum atomic E-state index is 0.193. The van der Waals surface area contributed by atoms with E-state index in [-0.39, 0.29) is 5.15 Å². The number of likely N-dealkylation sites (tertiary alicyclic amines) is 1. The Kier molecular flexibility index (Phi) is 4.28. The standard InChI is InChI=1S/C11H15ClN4O/c12-10-9(7-17)11(15-8-14-10)13-3-6-16-4-1-2-5-16/h7-8H,1-6H2,(H,13,14,15). The lowest BCUT2D eigenvalue weighted by Gasteiger charge is -2.15. The molecule has 0 amide bonds. The SMILES string of the molecule is O=Cc1c(Cl)ncnc1NCCN1CCCC1. The van der Waals surface area contributed by atoms with Gasteiger partial charge in [0.1, 0.15) is 17.3 Å². The summed E-state index contributed by atoms with van der Waals surface area (Å²) in [7, 11) is 0. The second-order valence-electron chi connectivity index (χ2n) is 4.02. The van der Waals surface area contributed by atoms with Crippen molar-refractivity contribution in [2.75, 3.05) is 31.5 Å². The number of carbonyl (C=O) groups excluding carboxylic acids is 1. The fraction of sp³-hybridized carbons (Fsp3) is 0.545. The maximum atomic E-state index is 10.9. The highest BCUT2D eigenvalue weighted by molar-refractivity contribution is 6.32. The fourth-order valence-electron chi connectivity index (χ4n) is 1.96. The van der Waals surface area contributed by atoms with Gasteiger partial charge in [-0.15, -0.1) is 0 Å². The van der Waals surface area contributed by atoms with Gasteiger partial charge in [0.25, 0.3) is 0 Å². The first-order valence-electron chi connectivity index (χ1n) is 5.73. The molecule has 17 heavy (non-hydrogen) atoms.